The minimum absolute atomic E-state index is 0.0178. The van der Waals surface area contributed by atoms with Gasteiger partial charge in [0, 0.05) is 11.8 Å². The van der Waals surface area contributed by atoms with Crippen molar-refractivity contribution < 1.29 is 18.9 Å². The van der Waals surface area contributed by atoms with Gasteiger partial charge in [0.05, 0.1) is 26.4 Å². The minimum Gasteiger partial charge on any atom is -0.352 e. The summed E-state index contributed by atoms with van der Waals surface area (Å²) < 4.78 is 23.2. The number of unbranched alkanes of at least 4 members (excludes halogenated alkanes) is 2. The highest BCUT2D eigenvalue weighted by Crippen LogP contribution is 2.23. The quantitative estimate of drug-likeness (QED) is 0.600. The van der Waals surface area contributed by atoms with E-state index < -0.39 is 0 Å². The molecule has 0 N–H and O–H groups in total. The number of rotatable bonds is 9. The molecule has 0 radical (unpaired) electrons. The van der Waals surface area contributed by atoms with Gasteiger partial charge in [-0.3, -0.25) is 0 Å². The van der Waals surface area contributed by atoms with E-state index in [0.717, 1.165) is 52.1 Å². The van der Waals surface area contributed by atoms with Crippen LogP contribution in [-0.2, 0) is 18.9 Å². The fourth-order valence-electron chi connectivity index (χ4n) is 3.12. The smallest absolute Gasteiger partial charge is 0.157 e. The molecule has 0 bridgehead atoms. The number of hydrogen-bond donors (Lipinski definition) is 0. The third-order valence-electron chi connectivity index (χ3n) is 4.62. The third-order valence-corrected chi connectivity index (χ3v) is 4.62. The SMILES string of the molecule is CCCCC[C@H]1CO[C@H](CC[C@H]2CO[C@H](CCC)OC2)OC1. The van der Waals surface area contributed by atoms with Gasteiger partial charge in [0.2, 0.25) is 0 Å². The molecular weight excluding hydrogens is 280 g/mol. The molecule has 0 amide bonds. The fourth-order valence-corrected chi connectivity index (χ4v) is 3.12. The maximum absolute atomic E-state index is 5.87. The molecule has 0 aromatic rings. The van der Waals surface area contributed by atoms with Crippen molar-refractivity contribution >= 4 is 0 Å². The topological polar surface area (TPSA) is 36.9 Å². The standard InChI is InChI=1S/C18H34O4/c1-3-5-6-8-15-11-21-18(22-12-15)10-9-16-13-19-17(7-4-2)20-14-16/h15-18H,3-14H2,1-2H3/t15-,16-,17-,18-. The Labute approximate surface area is 135 Å². The first-order chi connectivity index (χ1) is 10.8. The first-order valence-electron chi connectivity index (χ1n) is 9.28. The fraction of sp³-hybridized carbons (Fsp3) is 1.00. The van der Waals surface area contributed by atoms with Crippen molar-refractivity contribution in [1.29, 1.82) is 0 Å². The molecule has 0 aromatic carbocycles. The summed E-state index contributed by atoms with van der Waals surface area (Å²) in [5, 5.41) is 0. The van der Waals surface area contributed by atoms with E-state index in [2.05, 4.69) is 13.8 Å². The van der Waals surface area contributed by atoms with E-state index in [0.29, 0.717) is 11.8 Å². The van der Waals surface area contributed by atoms with Crippen LogP contribution in [0.5, 0.6) is 0 Å². The molecule has 2 aliphatic rings. The Morgan fingerprint density at radius 2 is 1.14 bits per heavy atom. The molecule has 130 valence electrons. The molecule has 0 unspecified atom stereocenters. The minimum atomic E-state index is -0.0178. The maximum Gasteiger partial charge on any atom is 0.157 e. The van der Waals surface area contributed by atoms with Crippen molar-refractivity contribution in [3.63, 3.8) is 0 Å². The predicted octanol–water partition coefficient (Wildman–Crippen LogP) is 4.13. The lowest BCUT2D eigenvalue weighted by atomic mass is 10.0. The summed E-state index contributed by atoms with van der Waals surface area (Å²) in [6.45, 7) is 7.77. The van der Waals surface area contributed by atoms with Gasteiger partial charge in [-0.1, -0.05) is 39.5 Å². The second kappa shape index (κ2) is 10.6. The predicted molar refractivity (Wildman–Crippen MR) is 86.6 cm³/mol. The highest BCUT2D eigenvalue weighted by atomic mass is 16.7. The summed E-state index contributed by atoms with van der Waals surface area (Å²) in [6, 6.07) is 0. The summed E-state index contributed by atoms with van der Waals surface area (Å²) in [5.41, 5.74) is 0. The Morgan fingerprint density at radius 1 is 0.591 bits per heavy atom. The molecule has 4 heteroatoms. The Kier molecular flexibility index (Phi) is 8.75. The van der Waals surface area contributed by atoms with Crippen LogP contribution < -0.4 is 0 Å². The molecule has 2 fully saturated rings. The molecule has 0 aromatic heterocycles. The van der Waals surface area contributed by atoms with Crippen LogP contribution in [0.2, 0.25) is 0 Å². The van der Waals surface area contributed by atoms with Crippen molar-refractivity contribution in [2.24, 2.45) is 11.8 Å². The van der Waals surface area contributed by atoms with E-state index in [9.17, 15) is 0 Å². The van der Waals surface area contributed by atoms with Crippen LogP contribution >= 0.6 is 0 Å². The van der Waals surface area contributed by atoms with E-state index in [-0.39, 0.29) is 12.6 Å². The molecule has 4 nitrogen and oxygen atoms in total. The Bertz CT molecular complexity index is 268. The largest absolute Gasteiger partial charge is 0.352 e. The van der Waals surface area contributed by atoms with Crippen LogP contribution in [0.25, 0.3) is 0 Å². The van der Waals surface area contributed by atoms with E-state index >= 15 is 0 Å². The average Bonchev–Trinajstić information content (AvgIpc) is 2.56. The second-order valence-electron chi connectivity index (χ2n) is 6.79. The van der Waals surface area contributed by atoms with Crippen molar-refractivity contribution in [3.05, 3.63) is 0 Å². The maximum atomic E-state index is 5.87. The molecule has 0 aliphatic carbocycles. The van der Waals surface area contributed by atoms with E-state index in [1.54, 1.807) is 0 Å². The molecule has 2 aliphatic heterocycles. The Morgan fingerprint density at radius 3 is 1.68 bits per heavy atom. The number of hydrogen-bond acceptors (Lipinski definition) is 4. The molecular formula is C18H34O4. The highest BCUT2D eigenvalue weighted by Gasteiger charge is 2.25. The molecule has 0 atom stereocenters. The third kappa shape index (κ3) is 6.53. The van der Waals surface area contributed by atoms with Crippen molar-refractivity contribution in [2.75, 3.05) is 26.4 Å². The van der Waals surface area contributed by atoms with Gasteiger partial charge in [-0.25, -0.2) is 0 Å². The van der Waals surface area contributed by atoms with Crippen LogP contribution in [0.15, 0.2) is 0 Å². The van der Waals surface area contributed by atoms with Gasteiger partial charge in [-0.05, 0) is 25.7 Å². The summed E-state index contributed by atoms with van der Waals surface area (Å²) in [5.74, 6) is 1.08. The van der Waals surface area contributed by atoms with Crippen LogP contribution in [0.1, 0.15) is 65.2 Å². The van der Waals surface area contributed by atoms with Crippen LogP contribution in [0, 0.1) is 11.8 Å². The van der Waals surface area contributed by atoms with Crippen LogP contribution in [-0.4, -0.2) is 39.0 Å². The van der Waals surface area contributed by atoms with Crippen molar-refractivity contribution in [2.45, 2.75) is 77.8 Å². The van der Waals surface area contributed by atoms with E-state index in [4.69, 9.17) is 18.9 Å². The lowest BCUT2D eigenvalue weighted by Crippen LogP contribution is -2.35. The molecule has 0 spiro atoms. The monoisotopic (exact) mass is 314 g/mol. The first kappa shape index (κ1) is 18.2. The van der Waals surface area contributed by atoms with Gasteiger partial charge >= 0.3 is 0 Å². The molecule has 0 saturated carbocycles. The molecule has 2 saturated heterocycles. The van der Waals surface area contributed by atoms with Crippen molar-refractivity contribution in [1.82, 2.24) is 0 Å². The zero-order valence-electron chi connectivity index (χ0n) is 14.4. The molecule has 2 rings (SSSR count). The van der Waals surface area contributed by atoms with E-state index in [1.165, 1.54) is 25.7 Å². The second-order valence-corrected chi connectivity index (χ2v) is 6.79. The lowest BCUT2D eigenvalue weighted by molar-refractivity contribution is -0.219. The summed E-state index contributed by atoms with van der Waals surface area (Å²) in [6.07, 6.45) is 9.27. The van der Waals surface area contributed by atoms with Gasteiger partial charge in [0.25, 0.3) is 0 Å². The van der Waals surface area contributed by atoms with Gasteiger partial charge < -0.3 is 18.9 Å². The molecule has 22 heavy (non-hydrogen) atoms. The zero-order valence-corrected chi connectivity index (χ0v) is 14.4. The van der Waals surface area contributed by atoms with Gasteiger partial charge in [0.15, 0.2) is 12.6 Å². The van der Waals surface area contributed by atoms with Crippen LogP contribution in [0.4, 0.5) is 0 Å². The van der Waals surface area contributed by atoms with E-state index in [1.807, 2.05) is 0 Å². The van der Waals surface area contributed by atoms with Crippen molar-refractivity contribution in [3.8, 4) is 0 Å². The Balaban J connectivity index is 1.52. The van der Waals surface area contributed by atoms with Gasteiger partial charge in [-0.15, -0.1) is 0 Å². The van der Waals surface area contributed by atoms with Crippen LogP contribution in [0.3, 0.4) is 0 Å². The normalized spacial score (nSPS) is 33.0. The summed E-state index contributed by atoms with van der Waals surface area (Å²) >= 11 is 0. The zero-order chi connectivity index (χ0) is 15.6. The summed E-state index contributed by atoms with van der Waals surface area (Å²) in [4.78, 5) is 0. The Hall–Kier alpha value is -0.160. The summed E-state index contributed by atoms with van der Waals surface area (Å²) in [7, 11) is 0. The average molecular weight is 314 g/mol. The lowest BCUT2D eigenvalue weighted by Gasteiger charge is -2.32. The van der Waals surface area contributed by atoms with Gasteiger partial charge in [0.1, 0.15) is 0 Å². The highest BCUT2D eigenvalue weighted by molar-refractivity contribution is 4.68. The number of ether oxygens (including phenoxy) is 4. The molecule has 2 heterocycles. The first-order valence-corrected chi connectivity index (χ1v) is 9.28. The van der Waals surface area contributed by atoms with Gasteiger partial charge in [-0.2, -0.15) is 0 Å².